The third-order valence-electron chi connectivity index (χ3n) is 8.56. The number of fused-ring (bicyclic) bond motifs is 9. The Balaban J connectivity index is 1.39. The third-order valence-corrected chi connectivity index (χ3v) is 8.56. The minimum Gasteiger partial charge on any atom is -0.456 e. The first kappa shape index (κ1) is 23.1. The molecule has 2 aromatic heterocycles. The van der Waals surface area contributed by atoms with Gasteiger partial charge in [-0.3, -0.25) is 0 Å². The Hall–Kier alpha value is -5.60. The van der Waals surface area contributed by atoms with Crippen LogP contribution in [0.2, 0.25) is 0 Å². The average molecular weight is 536 g/mol. The zero-order chi connectivity index (χ0) is 27.6. The van der Waals surface area contributed by atoms with Gasteiger partial charge in [0.1, 0.15) is 11.2 Å². The Bertz CT molecular complexity index is 2390. The molecule has 0 unspecified atom stereocenters. The number of rotatable bonds is 3. The molecule has 7 aromatic carbocycles. The van der Waals surface area contributed by atoms with Crippen LogP contribution in [0, 0.1) is 0 Å². The van der Waals surface area contributed by atoms with E-state index in [0.717, 1.165) is 22.2 Å². The summed E-state index contributed by atoms with van der Waals surface area (Å²) in [5.74, 6) is 0. The van der Waals surface area contributed by atoms with Gasteiger partial charge in [0.05, 0.1) is 11.0 Å². The standard InChI is InChI=1S/C40H25NO/c1-3-11-26(12-4-1)28-23-29(27-13-5-2-6-14-27)25-30(24-28)41-35-17-9-7-15-33(35)39-31-20-22-38-40(32(31)19-21-36(39)41)34-16-8-10-18-37(34)42-38/h1-25H. The topological polar surface area (TPSA) is 18.1 Å². The number of hydrogen-bond donors (Lipinski definition) is 0. The van der Waals surface area contributed by atoms with Gasteiger partial charge in [-0.15, -0.1) is 0 Å². The molecule has 0 saturated carbocycles. The first-order valence-corrected chi connectivity index (χ1v) is 14.4. The van der Waals surface area contributed by atoms with Crippen molar-refractivity contribution >= 4 is 54.5 Å². The minimum absolute atomic E-state index is 0.925. The summed E-state index contributed by atoms with van der Waals surface area (Å²) < 4.78 is 8.67. The quantitative estimate of drug-likeness (QED) is 0.220. The van der Waals surface area contributed by atoms with E-state index < -0.39 is 0 Å². The molecule has 9 rings (SSSR count). The molecule has 2 heteroatoms. The molecule has 0 saturated heterocycles. The zero-order valence-electron chi connectivity index (χ0n) is 22.8. The third kappa shape index (κ3) is 3.39. The van der Waals surface area contributed by atoms with Gasteiger partial charge in [-0.25, -0.2) is 0 Å². The molecule has 0 N–H and O–H groups in total. The Morgan fingerprint density at radius 1 is 0.357 bits per heavy atom. The lowest BCUT2D eigenvalue weighted by Gasteiger charge is -2.14. The summed E-state index contributed by atoms with van der Waals surface area (Å²) in [5, 5.41) is 7.31. The second-order valence-corrected chi connectivity index (χ2v) is 10.9. The van der Waals surface area contributed by atoms with Crippen LogP contribution >= 0.6 is 0 Å². The highest BCUT2D eigenvalue weighted by Gasteiger charge is 2.18. The summed E-state index contributed by atoms with van der Waals surface area (Å²) in [5.41, 5.74) is 10.2. The van der Waals surface area contributed by atoms with E-state index in [1.165, 1.54) is 60.2 Å². The molecule has 0 bridgehead atoms. The van der Waals surface area contributed by atoms with Crippen LogP contribution < -0.4 is 0 Å². The molecule has 0 radical (unpaired) electrons. The van der Waals surface area contributed by atoms with Crippen molar-refractivity contribution in [2.24, 2.45) is 0 Å². The smallest absolute Gasteiger partial charge is 0.136 e. The van der Waals surface area contributed by atoms with Crippen LogP contribution in [0.4, 0.5) is 0 Å². The van der Waals surface area contributed by atoms with Gasteiger partial charge in [-0.05, 0) is 81.6 Å². The summed E-state index contributed by atoms with van der Waals surface area (Å²) in [6.45, 7) is 0. The van der Waals surface area contributed by atoms with E-state index >= 15 is 0 Å². The van der Waals surface area contributed by atoms with Crippen LogP contribution in [0.15, 0.2) is 156 Å². The van der Waals surface area contributed by atoms with Crippen molar-refractivity contribution in [3.8, 4) is 27.9 Å². The summed E-state index contributed by atoms with van der Waals surface area (Å²) in [6, 6.07) is 54.3. The first-order valence-electron chi connectivity index (χ1n) is 14.4. The molecule has 0 aliphatic rings. The van der Waals surface area contributed by atoms with Crippen molar-refractivity contribution in [3.05, 3.63) is 152 Å². The van der Waals surface area contributed by atoms with Crippen LogP contribution in [0.25, 0.3) is 82.5 Å². The van der Waals surface area contributed by atoms with Gasteiger partial charge in [-0.1, -0.05) is 103 Å². The van der Waals surface area contributed by atoms with E-state index in [-0.39, 0.29) is 0 Å². The number of nitrogens with zero attached hydrogens (tertiary/aromatic N) is 1. The predicted octanol–water partition coefficient (Wildman–Crippen LogP) is 11.2. The molecule has 42 heavy (non-hydrogen) atoms. The normalized spacial score (nSPS) is 11.8. The Kier molecular flexibility index (Phi) is 4.93. The molecule has 9 aromatic rings. The van der Waals surface area contributed by atoms with Gasteiger partial charge in [0, 0.05) is 27.2 Å². The molecule has 0 fully saturated rings. The molecule has 0 spiro atoms. The highest BCUT2D eigenvalue weighted by molar-refractivity contribution is 6.28. The molecule has 2 heterocycles. The molecular formula is C40H25NO. The van der Waals surface area contributed by atoms with Crippen molar-refractivity contribution in [1.29, 1.82) is 0 Å². The SMILES string of the molecule is c1ccc(-c2cc(-c3ccccc3)cc(-n3c4ccccc4c4c5ccc6oc7ccccc7c6c5ccc43)c2)cc1. The Morgan fingerprint density at radius 3 is 1.69 bits per heavy atom. The molecule has 0 aliphatic carbocycles. The monoisotopic (exact) mass is 535 g/mol. The van der Waals surface area contributed by atoms with Crippen molar-refractivity contribution in [2.45, 2.75) is 0 Å². The van der Waals surface area contributed by atoms with Crippen LogP contribution in [-0.2, 0) is 0 Å². The first-order chi connectivity index (χ1) is 20.8. The summed E-state index contributed by atoms with van der Waals surface area (Å²) in [4.78, 5) is 0. The predicted molar refractivity (Wildman–Crippen MR) is 176 cm³/mol. The fourth-order valence-corrected chi connectivity index (χ4v) is 6.71. The van der Waals surface area contributed by atoms with Gasteiger partial charge in [0.2, 0.25) is 0 Å². The number of para-hydroxylation sites is 2. The lowest BCUT2D eigenvalue weighted by molar-refractivity contribution is 0.669. The number of furan rings is 1. The maximum atomic E-state index is 6.24. The highest BCUT2D eigenvalue weighted by Crippen LogP contribution is 2.42. The van der Waals surface area contributed by atoms with Crippen molar-refractivity contribution in [1.82, 2.24) is 4.57 Å². The Labute approximate surface area is 242 Å². The summed E-state index contributed by atoms with van der Waals surface area (Å²) in [7, 11) is 0. The molecule has 0 aliphatic heterocycles. The van der Waals surface area contributed by atoms with Crippen LogP contribution in [0.5, 0.6) is 0 Å². The van der Waals surface area contributed by atoms with E-state index in [9.17, 15) is 0 Å². The van der Waals surface area contributed by atoms with E-state index in [2.05, 4.69) is 150 Å². The van der Waals surface area contributed by atoms with Crippen molar-refractivity contribution < 1.29 is 4.42 Å². The summed E-state index contributed by atoms with van der Waals surface area (Å²) in [6.07, 6.45) is 0. The fourth-order valence-electron chi connectivity index (χ4n) is 6.71. The molecular weight excluding hydrogens is 510 g/mol. The van der Waals surface area contributed by atoms with Crippen LogP contribution in [-0.4, -0.2) is 4.57 Å². The van der Waals surface area contributed by atoms with E-state index in [4.69, 9.17) is 4.42 Å². The second-order valence-electron chi connectivity index (χ2n) is 10.9. The molecule has 0 amide bonds. The summed E-state index contributed by atoms with van der Waals surface area (Å²) >= 11 is 0. The number of aromatic nitrogens is 1. The van der Waals surface area contributed by atoms with Crippen LogP contribution in [0.3, 0.4) is 0 Å². The number of hydrogen-bond acceptors (Lipinski definition) is 1. The maximum absolute atomic E-state index is 6.24. The van der Waals surface area contributed by atoms with E-state index in [1.54, 1.807) is 0 Å². The lowest BCUT2D eigenvalue weighted by atomic mass is 9.98. The molecule has 0 atom stereocenters. The van der Waals surface area contributed by atoms with Gasteiger partial charge in [0.25, 0.3) is 0 Å². The van der Waals surface area contributed by atoms with E-state index in [1.807, 2.05) is 6.07 Å². The lowest BCUT2D eigenvalue weighted by Crippen LogP contribution is -1.96. The van der Waals surface area contributed by atoms with Crippen molar-refractivity contribution in [3.63, 3.8) is 0 Å². The van der Waals surface area contributed by atoms with Crippen molar-refractivity contribution in [2.75, 3.05) is 0 Å². The highest BCUT2D eigenvalue weighted by atomic mass is 16.3. The van der Waals surface area contributed by atoms with Gasteiger partial charge >= 0.3 is 0 Å². The fraction of sp³-hybridized carbons (Fsp3) is 0. The van der Waals surface area contributed by atoms with Gasteiger partial charge < -0.3 is 8.98 Å². The molecule has 2 nitrogen and oxygen atoms in total. The average Bonchev–Trinajstić information content (AvgIpc) is 3.61. The minimum atomic E-state index is 0.925. The molecule has 196 valence electrons. The second kappa shape index (κ2) is 8.95. The van der Waals surface area contributed by atoms with Gasteiger partial charge in [0.15, 0.2) is 0 Å². The zero-order valence-corrected chi connectivity index (χ0v) is 22.8. The maximum Gasteiger partial charge on any atom is 0.136 e. The van der Waals surface area contributed by atoms with Gasteiger partial charge in [-0.2, -0.15) is 0 Å². The van der Waals surface area contributed by atoms with E-state index in [0.29, 0.717) is 0 Å². The van der Waals surface area contributed by atoms with Crippen LogP contribution in [0.1, 0.15) is 0 Å². The Morgan fingerprint density at radius 2 is 0.952 bits per heavy atom. The largest absolute Gasteiger partial charge is 0.456 e. The number of benzene rings is 7.